The third kappa shape index (κ3) is 4.19. The van der Waals surface area contributed by atoms with Crippen molar-refractivity contribution in [3.8, 4) is 5.88 Å². The maximum absolute atomic E-state index is 15.3. The lowest BCUT2D eigenvalue weighted by atomic mass is 9.88. The molecule has 4 rings (SSSR count). The molecule has 2 aliphatic rings. The third-order valence-corrected chi connectivity index (χ3v) is 10.9. The summed E-state index contributed by atoms with van der Waals surface area (Å²) in [5.41, 5.74) is -1.66. The molecule has 2 aromatic rings. The zero-order valence-corrected chi connectivity index (χ0v) is 21.1. The molecule has 0 aromatic carbocycles. The largest absolute Gasteiger partial charge is 0.480 e. The summed E-state index contributed by atoms with van der Waals surface area (Å²) in [5, 5.41) is 13.6. The number of methoxy groups -OCH3 is 1. The van der Waals surface area contributed by atoms with Gasteiger partial charge in [-0.2, -0.15) is 0 Å². The van der Waals surface area contributed by atoms with Gasteiger partial charge in [0, 0.05) is 6.54 Å². The van der Waals surface area contributed by atoms with Crippen LogP contribution in [0.15, 0.2) is 29.5 Å². The fraction of sp³-hybridized carbons (Fsp3) is 0.455. The fourth-order valence-electron chi connectivity index (χ4n) is 4.73. The van der Waals surface area contributed by atoms with Gasteiger partial charge in [-0.15, -0.1) is 0 Å². The normalized spacial score (nSPS) is 25.0. The Labute approximate surface area is 207 Å². The second-order valence-corrected chi connectivity index (χ2v) is 12.6. The summed E-state index contributed by atoms with van der Waals surface area (Å²) in [6, 6.07) is 2.41. The molecule has 12 nitrogen and oxygen atoms in total. The number of amidine groups is 1. The number of hydrogen-bond acceptors (Lipinski definition) is 8. The van der Waals surface area contributed by atoms with Crippen LogP contribution in [0.3, 0.4) is 0 Å². The second-order valence-electron chi connectivity index (χ2n) is 9.25. The van der Waals surface area contributed by atoms with Gasteiger partial charge in [0.25, 0.3) is 5.91 Å². The van der Waals surface area contributed by atoms with Crippen LogP contribution in [0.25, 0.3) is 0 Å². The Morgan fingerprint density at radius 3 is 2.61 bits per heavy atom. The average molecular weight is 522 g/mol. The summed E-state index contributed by atoms with van der Waals surface area (Å²) in [6.07, 6.45) is 2.27. The molecule has 1 fully saturated rings. The van der Waals surface area contributed by atoms with Crippen LogP contribution in [0.2, 0.25) is 0 Å². The highest BCUT2D eigenvalue weighted by atomic mass is 32.3. The molecule has 0 bridgehead atoms. The summed E-state index contributed by atoms with van der Waals surface area (Å²) >= 11 is 0. The number of carbonyl (C=O) groups excluding carboxylic acids is 1. The molecule has 0 saturated carbocycles. The van der Waals surface area contributed by atoms with Crippen molar-refractivity contribution in [1.29, 1.82) is 0 Å². The highest BCUT2D eigenvalue weighted by Gasteiger charge is 2.58. The maximum atomic E-state index is 15.3. The van der Waals surface area contributed by atoms with Gasteiger partial charge in [-0.25, -0.2) is 24.1 Å². The molecule has 194 valence electrons. The summed E-state index contributed by atoms with van der Waals surface area (Å²) in [7, 11) is -1.95. The summed E-state index contributed by atoms with van der Waals surface area (Å²) in [5.74, 6) is -1.16. The molecule has 36 heavy (non-hydrogen) atoms. The molecular weight excluding hydrogens is 493 g/mol. The van der Waals surface area contributed by atoms with Crippen LogP contribution in [0.5, 0.6) is 5.88 Å². The van der Waals surface area contributed by atoms with Crippen LogP contribution in [-0.4, -0.2) is 65.8 Å². The number of thiol groups is 1. The number of nitrogens with one attached hydrogen (secondary N) is 3. The number of anilines is 1. The summed E-state index contributed by atoms with van der Waals surface area (Å²) in [6.45, 7) is 5.37. The number of hydrogen-bond donors (Lipinski definition) is 5. The minimum absolute atomic E-state index is 0.0129. The molecule has 0 spiro atoms. The lowest BCUT2D eigenvalue weighted by Gasteiger charge is -2.56. The number of carboxylic acid groups (broad SMARTS) is 1. The average Bonchev–Trinajstić information content (AvgIpc) is 2.84. The quantitative estimate of drug-likeness (QED) is 0.378. The molecule has 2 atom stereocenters. The molecule has 2 aliphatic heterocycles. The van der Waals surface area contributed by atoms with E-state index in [2.05, 4.69) is 35.3 Å². The lowest BCUT2D eigenvalue weighted by molar-refractivity contribution is 0.102. The minimum Gasteiger partial charge on any atom is -0.480 e. The van der Waals surface area contributed by atoms with Crippen LogP contribution >= 0.6 is 0 Å². The van der Waals surface area contributed by atoms with Crippen molar-refractivity contribution in [2.75, 3.05) is 19.0 Å². The smallest absolute Gasteiger partial charge is 0.410 e. The van der Waals surface area contributed by atoms with Crippen molar-refractivity contribution < 1.29 is 28.0 Å². The number of pyridine rings is 1. The van der Waals surface area contributed by atoms with E-state index in [0.717, 1.165) is 6.07 Å². The van der Waals surface area contributed by atoms with Gasteiger partial charge in [-0.3, -0.25) is 24.0 Å². The van der Waals surface area contributed by atoms with Crippen LogP contribution in [0.4, 0.5) is 15.0 Å². The van der Waals surface area contributed by atoms with Crippen molar-refractivity contribution in [3.63, 3.8) is 0 Å². The molecule has 0 radical (unpaired) electrons. The maximum Gasteiger partial charge on any atom is 0.410 e. The number of aliphatic imine (C=N–C) groups is 1. The SMILES string of the molecule is COc1cnc(C(=O)Nc2ccc(F)c([C@@]3(C)N=C(NC(=O)O)C(C)(C)[SH]4(=O)NCCC[C@@H]34)n2)cn1. The van der Waals surface area contributed by atoms with Gasteiger partial charge >= 0.3 is 6.09 Å². The van der Waals surface area contributed by atoms with Gasteiger partial charge in [0.15, 0.2) is 0 Å². The minimum atomic E-state index is -3.37. The number of carbonyl (C=O) groups is 2. The molecule has 0 aliphatic carbocycles. The van der Waals surface area contributed by atoms with Crippen molar-refractivity contribution in [2.45, 2.75) is 49.1 Å². The summed E-state index contributed by atoms with van der Waals surface area (Å²) < 4.78 is 36.6. The first-order valence-corrected chi connectivity index (χ1v) is 13.0. The molecule has 1 saturated heterocycles. The van der Waals surface area contributed by atoms with E-state index in [1.165, 1.54) is 25.6 Å². The zero-order chi connectivity index (χ0) is 26.3. The molecule has 2 amide bonds. The first kappa shape index (κ1) is 25.6. The first-order valence-electron chi connectivity index (χ1n) is 11.2. The lowest BCUT2D eigenvalue weighted by Crippen LogP contribution is -2.70. The van der Waals surface area contributed by atoms with Gasteiger partial charge < -0.3 is 15.2 Å². The van der Waals surface area contributed by atoms with E-state index in [9.17, 15) is 18.9 Å². The standard InChI is InChI=1S/C22H28FN7O5S/c1-21(2)19(29-20(32)33)30-22(3,14-6-5-9-26-36(14,21)34)17-12(23)7-8-15(27-17)28-18(31)13-10-25-16(35-4)11-24-13/h7-8,10-11,14,36H,5-6,9H2,1-4H3,(H,26,34)(H,29,30)(H,32,33)(H,27,28,31)/t14-,22-/m0/s1. The first-order chi connectivity index (χ1) is 16.9. The zero-order valence-electron chi connectivity index (χ0n) is 20.2. The number of amides is 2. The number of rotatable bonds is 4. The number of nitrogens with zero attached hydrogens (tertiary/aromatic N) is 4. The van der Waals surface area contributed by atoms with E-state index >= 15 is 4.39 Å². The Kier molecular flexibility index (Phi) is 6.51. The molecule has 0 unspecified atom stereocenters. The van der Waals surface area contributed by atoms with E-state index in [0.29, 0.717) is 19.4 Å². The summed E-state index contributed by atoms with van der Waals surface area (Å²) in [4.78, 5) is 41.1. The number of ether oxygens (including phenoxy) is 1. The van der Waals surface area contributed by atoms with Crippen LogP contribution in [0.1, 0.15) is 49.8 Å². The predicted octanol–water partition coefficient (Wildman–Crippen LogP) is 1.63. The van der Waals surface area contributed by atoms with E-state index < -0.39 is 43.5 Å². The predicted molar refractivity (Wildman–Crippen MR) is 131 cm³/mol. The second kappa shape index (κ2) is 9.17. The number of halogens is 1. The van der Waals surface area contributed by atoms with Gasteiger partial charge in [-0.1, -0.05) is 0 Å². The Morgan fingerprint density at radius 2 is 1.97 bits per heavy atom. The monoisotopic (exact) mass is 521 g/mol. The third-order valence-electron chi connectivity index (χ3n) is 6.71. The molecule has 4 heterocycles. The van der Waals surface area contributed by atoms with Crippen molar-refractivity contribution in [3.05, 3.63) is 41.7 Å². The highest BCUT2D eigenvalue weighted by Crippen LogP contribution is 2.48. The van der Waals surface area contributed by atoms with Crippen molar-refractivity contribution in [2.24, 2.45) is 4.99 Å². The van der Waals surface area contributed by atoms with Gasteiger partial charge in [-0.05, 0) is 55.9 Å². The molecule has 4 N–H and O–H groups in total. The van der Waals surface area contributed by atoms with E-state index in [1.54, 1.807) is 20.8 Å². The van der Waals surface area contributed by atoms with Crippen LogP contribution < -0.4 is 20.1 Å². The van der Waals surface area contributed by atoms with E-state index in [1.807, 2.05) is 0 Å². The molecule has 14 heteroatoms. The Hall–Kier alpha value is -3.52. The Balaban J connectivity index is 1.78. The topological polar surface area (TPSA) is 168 Å². The Morgan fingerprint density at radius 1 is 1.22 bits per heavy atom. The van der Waals surface area contributed by atoms with Crippen LogP contribution in [-0.2, 0) is 15.7 Å². The van der Waals surface area contributed by atoms with Crippen molar-refractivity contribution in [1.82, 2.24) is 25.0 Å². The fourth-order valence-corrected chi connectivity index (χ4v) is 8.47. The highest BCUT2D eigenvalue weighted by molar-refractivity contribution is 8.04. The van der Waals surface area contributed by atoms with Crippen LogP contribution in [0, 0.1) is 5.82 Å². The van der Waals surface area contributed by atoms with E-state index in [4.69, 9.17) is 4.74 Å². The Bertz CT molecular complexity index is 1290. The molecular formula is C22H28FN7O5S. The number of fused-ring (bicyclic) bond motifs is 1. The van der Waals surface area contributed by atoms with Gasteiger partial charge in [0.1, 0.15) is 34.4 Å². The van der Waals surface area contributed by atoms with Crippen molar-refractivity contribution >= 4 is 33.8 Å². The molecule has 2 aromatic heterocycles. The van der Waals surface area contributed by atoms with Gasteiger partial charge in [0.2, 0.25) is 5.88 Å². The van der Waals surface area contributed by atoms with E-state index in [-0.39, 0.29) is 28.9 Å². The number of aromatic nitrogens is 3. The van der Waals surface area contributed by atoms with Gasteiger partial charge in [0.05, 0.1) is 29.5 Å².